The second kappa shape index (κ2) is 8.95. The van der Waals surface area contributed by atoms with Crippen molar-refractivity contribution in [2.75, 3.05) is 17.7 Å². The summed E-state index contributed by atoms with van der Waals surface area (Å²) in [7, 11) is 0. The summed E-state index contributed by atoms with van der Waals surface area (Å²) in [6, 6.07) is 12.3. The minimum atomic E-state index is 0.0588. The quantitative estimate of drug-likeness (QED) is 0.659. The van der Waals surface area contributed by atoms with Crippen LogP contribution < -0.4 is 9.64 Å². The van der Waals surface area contributed by atoms with Gasteiger partial charge in [0.2, 0.25) is 0 Å². The number of hydrogen-bond donors (Lipinski definition) is 0. The van der Waals surface area contributed by atoms with Crippen LogP contribution in [0.4, 0.5) is 10.5 Å². The van der Waals surface area contributed by atoms with Crippen molar-refractivity contribution in [3.8, 4) is 5.75 Å². The summed E-state index contributed by atoms with van der Waals surface area (Å²) in [6.45, 7) is 9.37. The van der Waals surface area contributed by atoms with Crippen LogP contribution in [0.2, 0.25) is 0 Å². The number of amides is 1. The highest BCUT2D eigenvalue weighted by Crippen LogP contribution is 2.29. The first-order valence-corrected chi connectivity index (χ1v) is 9.90. The third-order valence-electron chi connectivity index (χ3n) is 4.33. The molecule has 0 aliphatic heterocycles. The zero-order valence-corrected chi connectivity index (χ0v) is 16.6. The number of carbonyl (C=O) groups is 1. The number of anilines is 1. The van der Waals surface area contributed by atoms with E-state index in [9.17, 15) is 4.79 Å². The van der Waals surface area contributed by atoms with E-state index >= 15 is 0 Å². The zero-order chi connectivity index (χ0) is 18.4. The molecule has 0 aliphatic rings. The Labute approximate surface area is 155 Å². The number of thioether (sulfide) groups is 1. The summed E-state index contributed by atoms with van der Waals surface area (Å²) >= 11 is 1.24. The molecule has 2 rings (SSSR count). The molecule has 0 saturated heterocycles. The van der Waals surface area contributed by atoms with Gasteiger partial charge in [-0.15, -0.1) is 0 Å². The van der Waals surface area contributed by atoms with Gasteiger partial charge in [-0.1, -0.05) is 48.5 Å². The van der Waals surface area contributed by atoms with Crippen molar-refractivity contribution < 1.29 is 9.53 Å². The number of carbonyl (C=O) groups excluding carboxylic acids is 1. The maximum atomic E-state index is 12.3. The van der Waals surface area contributed by atoms with Gasteiger partial charge in [-0.3, -0.25) is 4.79 Å². The molecule has 0 saturated carbocycles. The fourth-order valence-corrected chi connectivity index (χ4v) is 3.44. The van der Waals surface area contributed by atoms with E-state index in [-0.39, 0.29) is 5.24 Å². The summed E-state index contributed by atoms with van der Waals surface area (Å²) < 4.78 is 6.12. The lowest BCUT2D eigenvalue weighted by atomic mass is 10.0. The predicted octanol–water partition coefficient (Wildman–Crippen LogP) is 5.75. The van der Waals surface area contributed by atoms with Gasteiger partial charge in [-0.05, 0) is 56.7 Å². The van der Waals surface area contributed by atoms with Crippen molar-refractivity contribution >= 4 is 22.7 Å². The highest BCUT2D eigenvalue weighted by atomic mass is 32.2. The Bertz CT molecular complexity index is 743. The molecular weight excluding hydrogens is 330 g/mol. The molecule has 4 heteroatoms. The first kappa shape index (κ1) is 19.4. The molecule has 0 fully saturated rings. The number of aryl methyl sites for hydroxylation is 3. The molecule has 0 radical (unpaired) electrons. The molecule has 2 aromatic carbocycles. The van der Waals surface area contributed by atoms with E-state index in [1.54, 1.807) is 0 Å². The molecule has 0 spiro atoms. The van der Waals surface area contributed by atoms with Crippen molar-refractivity contribution in [3.05, 3.63) is 58.7 Å². The number of rotatable bonds is 6. The fourth-order valence-electron chi connectivity index (χ4n) is 2.99. The number of nitrogens with zero attached hydrogens (tertiary/aromatic N) is 1. The Balaban J connectivity index is 2.36. The lowest BCUT2D eigenvalue weighted by Gasteiger charge is -2.25. The van der Waals surface area contributed by atoms with Crippen LogP contribution in [0, 0.1) is 13.8 Å². The molecule has 0 heterocycles. The summed E-state index contributed by atoms with van der Waals surface area (Å²) in [5, 5.41) is 0.0588. The van der Waals surface area contributed by atoms with Crippen LogP contribution in [-0.4, -0.2) is 18.0 Å². The molecule has 0 aromatic heterocycles. The topological polar surface area (TPSA) is 29.5 Å². The monoisotopic (exact) mass is 357 g/mol. The van der Waals surface area contributed by atoms with Crippen LogP contribution in [0.5, 0.6) is 5.75 Å². The molecule has 3 nitrogen and oxygen atoms in total. The lowest BCUT2D eigenvalue weighted by molar-refractivity contribution is 0.265. The van der Waals surface area contributed by atoms with Gasteiger partial charge in [0.15, 0.2) is 0 Å². The average molecular weight is 358 g/mol. The standard InChI is InChI=1S/C21H27NO2S/c1-6-17-9-8-10-19(22(7-2)21(23)25-5)18(17)14-24-20-12-11-15(3)13-16(20)4/h8-13H,6-7,14H2,1-5H3. The summed E-state index contributed by atoms with van der Waals surface area (Å²) in [5.41, 5.74) is 5.61. The summed E-state index contributed by atoms with van der Waals surface area (Å²) in [4.78, 5) is 14.1. The van der Waals surface area contributed by atoms with Crippen LogP contribution in [0.25, 0.3) is 0 Å². The van der Waals surface area contributed by atoms with Gasteiger partial charge in [0.25, 0.3) is 5.24 Å². The Morgan fingerprint density at radius 1 is 1.16 bits per heavy atom. The van der Waals surface area contributed by atoms with E-state index in [0.29, 0.717) is 13.2 Å². The molecular formula is C21H27NO2S. The largest absolute Gasteiger partial charge is 0.489 e. The van der Waals surface area contributed by atoms with Crippen molar-refractivity contribution in [2.45, 2.75) is 40.7 Å². The van der Waals surface area contributed by atoms with Gasteiger partial charge >= 0.3 is 0 Å². The molecule has 134 valence electrons. The molecule has 25 heavy (non-hydrogen) atoms. The molecule has 0 aliphatic carbocycles. The third-order valence-corrected chi connectivity index (χ3v) is 4.90. The van der Waals surface area contributed by atoms with E-state index in [1.165, 1.54) is 22.9 Å². The minimum absolute atomic E-state index is 0.0588. The van der Waals surface area contributed by atoms with Crippen LogP contribution >= 0.6 is 11.8 Å². The Morgan fingerprint density at radius 2 is 1.92 bits per heavy atom. The number of hydrogen-bond acceptors (Lipinski definition) is 3. The number of benzene rings is 2. The highest BCUT2D eigenvalue weighted by Gasteiger charge is 2.18. The summed E-state index contributed by atoms with van der Waals surface area (Å²) in [6.07, 6.45) is 2.73. The highest BCUT2D eigenvalue weighted by molar-refractivity contribution is 8.13. The first-order valence-electron chi connectivity index (χ1n) is 8.68. The van der Waals surface area contributed by atoms with Crippen LogP contribution in [0.15, 0.2) is 36.4 Å². The zero-order valence-electron chi connectivity index (χ0n) is 15.8. The second-order valence-corrected chi connectivity index (χ2v) is 6.80. The molecule has 0 bridgehead atoms. The lowest BCUT2D eigenvalue weighted by Crippen LogP contribution is -2.28. The van der Waals surface area contributed by atoms with Crippen molar-refractivity contribution in [3.63, 3.8) is 0 Å². The van der Waals surface area contributed by atoms with Gasteiger partial charge in [0.05, 0.1) is 5.69 Å². The minimum Gasteiger partial charge on any atom is -0.489 e. The smallest absolute Gasteiger partial charge is 0.285 e. The molecule has 0 unspecified atom stereocenters. The summed E-state index contributed by atoms with van der Waals surface area (Å²) in [5.74, 6) is 0.890. The van der Waals surface area contributed by atoms with Crippen LogP contribution in [0.3, 0.4) is 0 Å². The van der Waals surface area contributed by atoms with Crippen molar-refractivity contribution in [1.29, 1.82) is 0 Å². The fraction of sp³-hybridized carbons (Fsp3) is 0.381. The maximum Gasteiger partial charge on any atom is 0.285 e. The van der Waals surface area contributed by atoms with Crippen LogP contribution in [0.1, 0.15) is 36.1 Å². The van der Waals surface area contributed by atoms with E-state index in [4.69, 9.17) is 4.74 Å². The average Bonchev–Trinajstić information content (AvgIpc) is 2.61. The van der Waals surface area contributed by atoms with Gasteiger partial charge in [0, 0.05) is 12.1 Å². The Morgan fingerprint density at radius 3 is 2.52 bits per heavy atom. The van der Waals surface area contributed by atoms with E-state index in [0.717, 1.165) is 29.0 Å². The Kier molecular flexibility index (Phi) is 6.94. The van der Waals surface area contributed by atoms with E-state index in [2.05, 4.69) is 39.0 Å². The first-order chi connectivity index (χ1) is 12.0. The van der Waals surface area contributed by atoms with E-state index in [1.807, 2.05) is 36.3 Å². The second-order valence-electron chi connectivity index (χ2n) is 6.04. The van der Waals surface area contributed by atoms with Gasteiger partial charge < -0.3 is 9.64 Å². The van der Waals surface area contributed by atoms with Gasteiger partial charge in [0.1, 0.15) is 12.4 Å². The SMILES string of the molecule is CCc1cccc(N(CC)C(=O)SC)c1COc1ccc(C)cc1C. The molecule has 0 atom stereocenters. The van der Waals surface area contributed by atoms with Crippen molar-refractivity contribution in [2.24, 2.45) is 0 Å². The predicted molar refractivity (Wildman–Crippen MR) is 108 cm³/mol. The maximum absolute atomic E-state index is 12.3. The molecule has 0 N–H and O–H groups in total. The molecule has 1 amide bonds. The number of ether oxygens (including phenoxy) is 1. The normalized spacial score (nSPS) is 10.6. The molecule has 2 aromatic rings. The van der Waals surface area contributed by atoms with Gasteiger partial charge in [-0.2, -0.15) is 0 Å². The van der Waals surface area contributed by atoms with Crippen molar-refractivity contribution in [1.82, 2.24) is 0 Å². The Hall–Kier alpha value is -1.94. The third kappa shape index (κ3) is 4.57. The van der Waals surface area contributed by atoms with E-state index < -0.39 is 0 Å². The van der Waals surface area contributed by atoms with Crippen LogP contribution in [-0.2, 0) is 13.0 Å². The van der Waals surface area contributed by atoms with Gasteiger partial charge in [-0.25, -0.2) is 0 Å².